The number of rotatable bonds is 6. The van der Waals surface area contributed by atoms with Crippen LogP contribution < -0.4 is 5.32 Å². The molecule has 4 heteroatoms. The highest BCUT2D eigenvalue weighted by atomic mass is 35.5. The first kappa shape index (κ1) is 13.4. The number of aromatic nitrogens is 2. The van der Waals surface area contributed by atoms with Gasteiger partial charge in [0.15, 0.2) is 0 Å². The van der Waals surface area contributed by atoms with Crippen LogP contribution in [-0.4, -0.2) is 28.9 Å². The number of hydrogen-bond donors (Lipinski definition) is 2. The monoisotopic (exact) mass is 265 g/mol. The van der Waals surface area contributed by atoms with Crippen molar-refractivity contribution in [2.24, 2.45) is 0 Å². The maximum Gasteiger partial charge on any atom is 0.0931 e. The van der Waals surface area contributed by atoms with Crippen molar-refractivity contribution in [3.63, 3.8) is 0 Å². The quantitative estimate of drug-likeness (QED) is 0.623. The van der Waals surface area contributed by atoms with Gasteiger partial charge in [0.2, 0.25) is 0 Å². The fourth-order valence-electron chi connectivity index (χ4n) is 2.05. The van der Waals surface area contributed by atoms with Gasteiger partial charge < -0.3 is 10.3 Å². The molecule has 0 amide bonds. The van der Waals surface area contributed by atoms with Gasteiger partial charge >= 0.3 is 0 Å². The summed E-state index contributed by atoms with van der Waals surface area (Å²) in [5.41, 5.74) is 3.54. The molecular weight excluding hydrogens is 246 g/mol. The first-order valence-corrected chi connectivity index (χ1v) is 6.87. The zero-order chi connectivity index (χ0) is 13.0. The summed E-state index contributed by atoms with van der Waals surface area (Å²) in [7, 11) is 0. The lowest BCUT2D eigenvalue weighted by molar-refractivity contribution is 0.470. The van der Waals surface area contributed by atoms with Gasteiger partial charge in [-0.25, -0.2) is 4.98 Å². The minimum atomic E-state index is 0.103. The molecule has 1 aromatic heterocycles. The fraction of sp³-hybridized carbons (Fsp3) is 0.500. The molecule has 0 spiro atoms. The summed E-state index contributed by atoms with van der Waals surface area (Å²) in [5.74, 6) is 0.716. The van der Waals surface area contributed by atoms with Crippen LogP contribution >= 0.6 is 11.6 Å². The molecule has 0 bridgehead atoms. The molecule has 2 N–H and O–H groups in total. The molecule has 0 radical (unpaired) electrons. The molecule has 0 atom stereocenters. The van der Waals surface area contributed by atoms with Gasteiger partial charge in [-0.3, -0.25) is 0 Å². The van der Waals surface area contributed by atoms with E-state index in [0.717, 1.165) is 30.5 Å². The molecule has 1 heterocycles. The standard InChI is InChI=1S/C14H20ClN3/c1-14(2,9-16-7-3-6-15)11-4-5-12-13(8-11)18-10-17-12/h4-5,8,10,16H,3,6-7,9H2,1-2H3,(H,17,18). The van der Waals surface area contributed by atoms with E-state index in [1.807, 2.05) is 0 Å². The number of hydrogen-bond acceptors (Lipinski definition) is 2. The molecule has 2 aromatic rings. The Hall–Kier alpha value is -1.06. The van der Waals surface area contributed by atoms with Crippen LogP contribution in [-0.2, 0) is 5.41 Å². The van der Waals surface area contributed by atoms with Crippen molar-refractivity contribution >= 4 is 22.6 Å². The lowest BCUT2D eigenvalue weighted by Gasteiger charge is -2.25. The lowest BCUT2D eigenvalue weighted by Crippen LogP contribution is -2.33. The number of imidazole rings is 1. The minimum Gasteiger partial charge on any atom is -0.345 e. The third-order valence-corrected chi connectivity index (χ3v) is 3.52. The summed E-state index contributed by atoms with van der Waals surface area (Å²) in [6, 6.07) is 6.42. The number of nitrogens with one attached hydrogen (secondary N) is 2. The number of nitrogens with zero attached hydrogens (tertiary/aromatic N) is 1. The number of halogens is 1. The fourth-order valence-corrected chi connectivity index (χ4v) is 2.18. The highest BCUT2D eigenvalue weighted by molar-refractivity contribution is 6.17. The second kappa shape index (κ2) is 5.72. The molecule has 0 saturated carbocycles. The van der Waals surface area contributed by atoms with Gasteiger partial charge in [-0.2, -0.15) is 0 Å². The topological polar surface area (TPSA) is 40.7 Å². The van der Waals surface area contributed by atoms with E-state index in [-0.39, 0.29) is 5.41 Å². The molecule has 98 valence electrons. The van der Waals surface area contributed by atoms with E-state index in [4.69, 9.17) is 11.6 Å². The lowest BCUT2D eigenvalue weighted by atomic mass is 9.84. The molecule has 0 fully saturated rings. The third-order valence-electron chi connectivity index (χ3n) is 3.26. The Labute approximate surface area is 113 Å². The second-order valence-corrected chi connectivity index (χ2v) is 5.62. The average Bonchev–Trinajstić information content (AvgIpc) is 2.82. The molecule has 0 aliphatic carbocycles. The van der Waals surface area contributed by atoms with Crippen LogP contribution in [0.25, 0.3) is 11.0 Å². The average molecular weight is 266 g/mol. The van der Waals surface area contributed by atoms with E-state index in [2.05, 4.69) is 47.3 Å². The smallest absolute Gasteiger partial charge is 0.0931 e. The van der Waals surface area contributed by atoms with E-state index in [9.17, 15) is 0 Å². The van der Waals surface area contributed by atoms with Gasteiger partial charge in [-0.1, -0.05) is 19.9 Å². The molecular formula is C14H20ClN3. The summed E-state index contributed by atoms with van der Waals surface area (Å²) < 4.78 is 0. The molecule has 0 aliphatic heterocycles. The molecule has 3 nitrogen and oxygen atoms in total. The maximum atomic E-state index is 5.67. The summed E-state index contributed by atoms with van der Waals surface area (Å²) in [6.07, 6.45) is 2.75. The van der Waals surface area contributed by atoms with Gasteiger partial charge in [0.1, 0.15) is 0 Å². The largest absolute Gasteiger partial charge is 0.345 e. The summed E-state index contributed by atoms with van der Waals surface area (Å²) in [5, 5.41) is 3.46. The Morgan fingerprint density at radius 2 is 2.22 bits per heavy atom. The molecule has 0 saturated heterocycles. The number of alkyl halides is 1. The zero-order valence-corrected chi connectivity index (χ0v) is 11.7. The SMILES string of the molecule is CC(C)(CNCCCCl)c1ccc2nc[nH]c2c1. The molecule has 0 aliphatic rings. The van der Waals surface area contributed by atoms with Crippen LogP contribution in [0.4, 0.5) is 0 Å². The van der Waals surface area contributed by atoms with Crippen LogP contribution in [0.5, 0.6) is 0 Å². The Morgan fingerprint density at radius 3 is 3.00 bits per heavy atom. The van der Waals surface area contributed by atoms with Crippen LogP contribution in [0.3, 0.4) is 0 Å². The molecule has 0 unspecified atom stereocenters. The van der Waals surface area contributed by atoms with Crippen molar-refractivity contribution in [2.75, 3.05) is 19.0 Å². The predicted octanol–water partition coefficient (Wildman–Crippen LogP) is 3.06. The van der Waals surface area contributed by atoms with Crippen molar-refractivity contribution in [2.45, 2.75) is 25.7 Å². The predicted molar refractivity (Wildman–Crippen MR) is 77.3 cm³/mol. The van der Waals surface area contributed by atoms with E-state index in [0.29, 0.717) is 5.88 Å². The van der Waals surface area contributed by atoms with Gasteiger partial charge in [0.05, 0.1) is 17.4 Å². The molecule has 2 rings (SSSR count). The van der Waals surface area contributed by atoms with E-state index < -0.39 is 0 Å². The van der Waals surface area contributed by atoms with Crippen LogP contribution in [0, 0.1) is 0 Å². The highest BCUT2D eigenvalue weighted by Gasteiger charge is 2.20. The Bertz CT molecular complexity index is 504. The first-order chi connectivity index (χ1) is 8.63. The summed E-state index contributed by atoms with van der Waals surface area (Å²) >= 11 is 5.67. The van der Waals surface area contributed by atoms with Gasteiger partial charge in [-0.15, -0.1) is 11.6 Å². The van der Waals surface area contributed by atoms with Crippen molar-refractivity contribution in [3.8, 4) is 0 Å². The maximum absolute atomic E-state index is 5.67. The molecule has 18 heavy (non-hydrogen) atoms. The zero-order valence-electron chi connectivity index (χ0n) is 11.0. The minimum absolute atomic E-state index is 0.103. The van der Waals surface area contributed by atoms with Gasteiger partial charge in [-0.05, 0) is 30.7 Å². The van der Waals surface area contributed by atoms with Crippen molar-refractivity contribution < 1.29 is 0 Å². The van der Waals surface area contributed by atoms with Crippen molar-refractivity contribution in [3.05, 3.63) is 30.1 Å². The van der Waals surface area contributed by atoms with Crippen LogP contribution in [0.15, 0.2) is 24.5 Å². The van der Waals surface area contributed by atoms with E-state index in [1.54, 1.807) is 6.33 Å². The second-order valence-electron chi connectivity index (χ2n) is 5.24. The Kier molecular flexibility index (Phi) is 4.25. The third kappa shape index (κ3) is 3.03. The van der Waals surface area contributed by atoms with Gasteiger partial charge in [0, 0.05) is 17.8 Å². The summed E-state index contributed by atoms with van der Waals surface area (Å²) in [6.45, 7) is 6.42. The van der Waals surface area contributed by atoms with Crippen molar-refractivity contribution in [1.82, 2.24) is 15.3 Å². The Morgan fingerprint density at radius 1 is 1.39 bits per heavy atom. The van der Waals surface area contributed by atoms with Gasteiger partial charge in [0.25, 0.3) is 0 Å². The number of H-pyrrole nitrogens is 1. The first-order valence-electron chi connectivity index (χ1n) is 6.34. The Balaban J connectivity index is 2.07. The highest BCUT2D eigenvalue weighted by Crippen LogP contribution is 2.24. The number of benzene rings is 1. The summed E-state index contributed by atoms with van der Waals surface area (Å²) in [4.78, 5) is 7.40. The van der Waals surface area contributed by atoms with E-state index >= 15 is 0 Å². The number of aromatic amines is 1. The molecule has 1 aromatic carbocycles. The number of fused-ring (bicyclic) bond motifs is 1. The van der Waals surface area contributed by atoms with E-state index in [1.165, 1.54) is 5.56 Å². The van der Waals surface area contributed by atoms with Crippen LogP contribution in [0.2, 0.25) is 0 Å². The normalized spacial score (nSPS) is 12.2. The van der Waals surface area contributed by atoms with Crippen LogP contribution in [0.1, 0.15) is 25.8 Å². The van der Waals surface area contributed by atoms with Crippen molar-refractivity contribution in [1.29, 1.82) is 0 Å².